The van der Waals surface area contributed by atoms with Crippen molar-refractivity contribution in [3.63, 3.8) is 0 Å². The van der Waals surface area contributed by atoms with Crippen LogP contribution in [0.3, 0.4) is 0 Å². The number of nitrogens with zero attached hydrogens (tertiary/aromatic N) is 2. The average Bonchev–Trinajstić information content (AvgIpc) is 2.84. The average molecular weight is 441 g/mol. The highest BCUT2D eigenvalue weighted by Gasteiger charge is 2.71. The Labute approximate surface area is 171 Å². The number of rotatable bonds is 7. The van der Waals surface area contributed by atoms with E-state index in [1.165, 1.54) is 0 Å². The lowest BCUT2D eigenvalue weighted by Crippen LogP contribution is -2.54. The van der Waals surface area contributed by atoms with E-state index >= 15 is 0 Å². The van der Waals surface area contributed by atoms with E-state index in [1.807, 2.05) is 13.4 Å². The topological polar surface area (TPSA) is 35.7 Å². The van der Waals surface area contributed by atoms with Gasteiger partial charge in [0.15, 0.2) is 0 Å². The standard InChI is InChI=1S/C20H27F6N2O2/c1-14-11-15(7-8-16(14)18(29,19(21,22)23)20(24,25)26)30-10-6-5-9-28-12-17(2,3)27(4)13-28/h7-8,11,13,29H,5-6,9-10,12H2,1-4H3/q+1. The lowest BCUT2D eigenvalue weighted by Gasteiger charge is -2.33. The van der Waals surface area contributed by atoms with Gasteiger partial charge in [0.2, 0.25) is 6.34 Å². The number of halogens is 6. The Hall–Kier alpha value is -1.97. The fourth-order valence-corrected chi connectivity index (χ4v) is 3.39. The summed E-state index contributed by atoms with van der Waals surface area (Å²) in [6.07, 6.45) is -8.28. The molecule has 0 aromatic heterocycles. The molecule has 1 aliphatic heterocycles. The van der Waals surface area contributed by atoms with Crippen LogP contribution < -0.4 is 4.74 Å². The molecule has 0 saturated heterocycles. The van der Waals surface area contributed by atoms with Gasteiger partial charge in [-0.05, 0) is 51.3 Å². The van der Waals surface area contributed by atoms with Crippen molar-refractivity contribution in [2.45, 2.75) is 57.1 Å². The smallest absolute Gasteiger partial charge is 0.430 e. The minimum Gasteiger partial charge on any atom is -0.494 e. The van der Waals surface area contributed by atoms with Crippen molar-refractivity contribution < 1.29 is 40.8 Å². The molecule has 0 bridgehead atoms. The number of alkyl halides is 6. The largest absolute Gasteiger partial charge is 0.494 e. The lowest BCUT2D eigenvalue weighted by atomic mass is 9.88. The molecule has 0 spiro atoms. The summed E-state index contributed by atoms with van der Waals surface area (Å²) in [6, 6.07) is 2.70. The fraction of sp³-hybridized carbons (Fsp3) is 0.650. The third-order valence-corrected chi connectivity index (χ3v) is 5.40. The number of benzene rings is 1. The Balaban J connectivity index is 1.96. The van der Waals surface area contributed by atoms with Gasteiger partial charge in [-0.3, -0.25) is 9.48 Å². The van der Waals surface area contributed by atoms with Gasteiger partial charge in [-0.1, -0.05) is 6.07 Å². The Morgan fingerprint density at radius 1 is 1.10 bits per heavy atom. The van der Waals surface area contributed by atoms with Crippen molar-refractivity contribution in [1.29, 1.82) is 0 Å². The second kappa shape index (κ2) is 8.28. The molecule has 10 heteroatoms. The number of aryl methyl sites for hydroxylation is 1. The number of unbranched alkanes of at least 4 members (excludes halogenated alkanes) is 1. The normalized spacial score (nSPS) is 17.3. The molecule has 2 rings (SSSR count). The Morgan fingerprint density at radius 2 is 1.70 bits per heavy atom. The van der Waals surface area contributed by atoms with E-state index in [1.54, 1.807) is 0 Å². The molecular weight excluding hydrogens is 414 g/mol. The van der Waals surface area contributed by atoms with Crippen LogP contribution in [0.4, 0.5) is 26.3 Å². The van der Waals surface area contributed by atoms with Crippen molar-refractivity contribution in [3.8, 4) is 5.75 Å². The number of hydrogen-bond donors (Lipinski definition) is 1. The van der Waals surface area contributed by atoms with E-state index in [4.69, 9.17) is 4.74 Å². The molecule has 4 nitrogen and oxygen atoms in total. The molecule has 1 heterocycles. The lowest BCUT2D eigenvalue weighted by molar-refractivity contribution is -0.521. The summed E-state index contributed by atoms with van der Waals surface area (Å²) in [5.41, 5.74) is -6.49. The van der Waals surface area contributed by atoms with Crippen LogP contribution in [0.25, 0.3) is 0 Å². The van der Waals surface area contributed by atoms with Crippen LogP contribution in [-0.4, -0.2) is 65.6 Å². The van der Waals surface area contributed by atoms with Crippen LogP contribution in [0.15, 0.2) is 18.2 Å². The second-order valence-corrected chi connectivity index (χ2v) is 8.25. The first-order chi connectivity index (χ1) is 13.6. The Bertz CT molecular complexity index is 772. The van der Waals surface area contributed by atoms with Gasteiger partial charge in [0.25, 0.3) is 5.60 Å². The van der Waals surface area contributed by atoms with E-state index < -0.39 is 23.5 Å². The van der Waals surface area contributed by atoms with Crippen molar-refractivity contribution in [2.24, 2.45) is 0 Å². The van der Waals surface area contributed by atoms with E-state index in [0.717, 1.165) is 38.6 Å². The molecule has 0 amide bonds. The number of hydrogen-bond acceptors (Lipinski definition) is 3. The molecular formula is C20H27F6N2O2+. The first-order valence-electron chi connectivity index (χ1n) is 9.51. The zero-order valence-corrected chi connectivity index (χ0v) is 17.4. The van der Waals surface area contributed by atoms with Crippen LogP contribution in [0, 0.1) is 6.92 Å². The summed E-state index contributed by atoms with van der Waals surface area (Å²) in [6.45, 7) is 7.33. The summed E-state index contributed by atoms with van der Waals surface area (Å²) in [7, 11) is 2.01. The maximum Gasteiger partial charge on any atom is 0.430 e. The second-order valence-electron chi connectivity index (χ2n) is 8.25. The fourth-order valence-electron chi connectivity index (χ4n) is 3.39. The molecule has 1 N–H and O–H groups in total. The predicted octanol–water partition coefficient (Wildman–Crippen LogP) is 4.23. The van der Waals surface area contributed by atoms with Gasteiger partial charge in [0, 0.05) is 5.56 Å². The third kappa shape index (κ3) is 4.84. The maximum atomic E-state index is 13.0. The third-order valence-electron chi connectivity index (χ3n) is 5.40. The number of likely N-dealkylation sites (N-methyl/N-ethyl adjacent to an activating group) is 1. The monoisotopic (exact) mass is 441 g/mol. The van der Waals surface area contributed by atoms with Crippen LogP contribution >= 0.6 is 0 Å². The number of ether oxygens (including phenoxy) is 1. The van der Waals surface area contributed by atoms with Gasteiger partial charge in [-0.2, -0.15) is 26.3 Å². The van der Waals surface area contributed by atoms with Crippen molar-refractivity contribution in [1.82, 2.24) is 4.90 Å². The van der Waals surface area contributed by atoms with E-state index in [-0.39, 0.29) is 23.5 Å². The summed E-state index contributed by atoms with van der Waals surface area (Å²) < 4.78 is 85.9. The van der Waals surface area contributed by atoms with Crippen LogP contribution in [-0.2, 0) is 5.60 Å². The summed E-state index contributed by atoms with van der Waals surface area (Å²) in [5, 5.41) is 9.53. The zero-order chi connectivity index (χ0) is 23.0. The van der Waals surface area contributed by atoms with Crippen molar-refractivity contribution in [3.05, 3.63) is 29.3 Å². The zero-order valence-electron chi connectivity index (χ0n) is 17.4. The van der Waals surface area contributed by atoms with Gasteiger partial charge in [0.1, 0.15) is 17.8 Å². The highest BCUT2D eigenvalue weighted by atomic mass is 19.4. The predicted molar refractivity (Wildman–Crippen MR) is 99.8 cm³/mol. The Morgan fingerprint density at radius 3 is 2.17 bits per heavy atom. The summed E-state index contributed by atoms with van der Waals surface area (Å²) in [5.74, 6) is 0.150. The summed E-state index contributed by atoms with van der Waals surface area (Å²) in [4.78, 5) is 2.14. The van der Waals surface area contributed by atoms with E-state index in [2.05, 4.69) is 23.3 Å². The molecule has 0 fully saturated rings. The van der Waals surface area contributed by atoms with E-state index in [0.29, 0.717) is 12.5 Å². The molecule has 0 radical (unpaired) electrons. The molecule has 0 saturated carbocycles. The first kappa shape index (κ1) is 24.3. The molecule has 1 aromatic rings. The molecule has 0 unspecified atom stereocenters. The van der Waals surface area contributed by atoms with Gasteiger partial charge in [-0.25, -0.2) is 0 Å². The van der Waals surface area contributed by atoms with Crippen molar-refractivity contribution in [2.75, 3.05) is 26.7 Å². The van der Waals surface area contributed by atoms with Crippen LogP contribution in [0.1, 0.15) is 37.8 Å². The Kier molecular flexibility index (Phi) is 6.71. The van der Waals surface area contributed by atoms with E-state index in [9.17, 15) is 31.4 Å². The molecule has 0 aliphatic carbocycles. The first-order valence-corrected chi connectivity index (χ1v) is 9.51. The van der Waals surface area contributed by atoms with Gasteiger partial charge >= 0.3 is 12.4 Å². The van der Waals surface area contributed by atoms with Gasteiger partial charge in [0.05, 0.1) is 20.2 Å². The summed E-state index contributed by atoms with van der Waals surface area (Å²) >= 11 is 0. The molecule has 1 aliphatic rings. The van der Waals surface area contributed by atoms with Crippen molar-refractivity contribution >= 4 is 6.34 Å². The number of aliphatic hydroxyl groups is 1. The van der Waals surface area contributed by atoms with Crippen LogP contribution in [0.5, 0.6) is 5.75 Å². The highest BCUT2D eigenvalue weighted by Crippen LogP contribution is 2.51. The highest BCUT2D eigenvalue weighted by molar-refractivity contribution is 5.51. The quantitative estimate of drug-likeness (QED) is 0.391. The van der Waals surface area contributed by atoms with Crippen LogP contribution in [0.2, 0.25) is 0 Å². The van der Waals surface area contributed by atoms with Gasteiger partial charge in [-0.15, -0.1) is 0 Å². The molecule has 30 heavy (non-hydrogen) atoms. The SMILES string of the molecule is Cc1cc(OCCCC[N+]2=CN(C)C(C)(C)C2)ccc1C(O)(C(F)(F)F)C(F)(F)F. The molecule has 170 valence electrons. The molecule has 0 atom stereocenters. The minimum absolute atomic E-state index is 0.0600. The van der Waals surface area contributed by atoms with Gasteiger partial charge < -0.3 is 9.84 Å². The molecule has 1 aromatic carbocycles. The maximum absolute atomic E-state index is 13.0. The minimum atomic E-state index is -5.91.